The zero-order chi connectivity index (χ0) is 16.7. The van der Waals surface area contributed by atoms with Gasteiger partial charge in [0, 0.05) is 5.56 Å². The number of carboxylic acid groups (broad SMARTS) is 1. The zero-order valence-electron chi connectivity index (χ0n) is 12.8. The van der Waals surface area contributed by atoms with E-state index in [4.69, 9.17) is 5.11 Å². The van der Waals surface area contributed by atoms with Gasteiger partial charge in [0.1, 0.15) is 0 Å². The van der Waals surface area contributed by atoms with Gasteiger partial charge < -0.3 is 14.9 Å². The molecule has 0 radical (unpaired) electrons. The Labute approximate surface area is 128 Å². The van der Waals surface area contributed by atoms with Crippen molar-refractivity contribution >= 4 is 11.8 Å². The number of nitro benzene ring substituents is 1. The third-order valence-corrected chi connectivity index (χ3v) is 3.36. The van der Waals surface area contributed by atoms with Crippen molar-refractivity contribution in [3.05, 3.63) is 27.3 Å². The van der Waals surface area contributed by atoms with Gasteiger partial charge in [-0.2, -0.15) is 0 Å². The Balaban J connectivity index is 3.44. The predicted molar refractivity (Wildman–Crippen MR) is 80.6 cm³/mol. The van der Waals surface area contributed by atoms with Crippen LogP contribution in [0.15, 0.2) is 6.07 Å². The Morgan fingerprint density at radius 1 is 1.23 bits per heavy atom. The van der Waals surface area contributed by atoms with Gasteiger partial charge in [-0.1, -0.05) is 26.7 Å². The number of hydrogen-bond donors (Lipinski definition) is 2. The van der Waals surface area contributed by atoms with E-state index in [-0.39, 0.29) is 0 Å². The molecular weight excluding hydrogens is 290 g/mol. The number of ether oxygens (including phenoxy) is 1. The third kappa shape index (κ3) is 4.34. The maximum absolute atomic E-state index is 11.3. The van der Waals surface area contributed by atoms with E-state index in [1.54, 1.807) is 6.07 Å². The Morgan fingerprint density at radius 2 is 1.77 bits per heavy atom. The quantitative estimate of drug-likeness (QED) is 0.324. The Kier molecular flexibility index (Phi) is 6.62. The molecule has 1 aromatic carbocycles. The molecule has 0 bridgehead atoms. The van der Waals surface area contributed by atoms with Gasteiger partial charge >= 0.3 is 11.8 Å². The van der Waals surface area contributed by atoms with Crippen LogP contribution in [0.4, 0.5) is 10.5 Å². The molecule has 0 aliphatic heterocycles. The van der Waals surface area contributed by atoms with Crippen LogP contribution in [0.3, 0.4) is 0 Å². The van der Waals surface area contributed by atoms with Gasteiger partial charge in [0.15, 0.2) is 5.75 Å². The second-order valence-corrected chi connectivity index (χ2v) is 5.05. The molecule has 7 heteroatoms. The molecule has 2 N–H and O–H groups in total. The Bertz CT molecular complexity index is 555. The molecule has 0 heterocycles. The number of aromatic hydroxyl groups is 1. The number of carbonyl (C=O) groups is 1. The standard InChI is InChI=1S/C15H21NO6/c1-3-5-7-10-9-11(8-6-4-2)13(17)14(22-15(18)19)12(10)16(20)21/h9,17H,3-8H2,1-2H3,(H,18,19). The maximum Gasteiger partial charge on any atom is 0.511 e. The Hall–Kier alpha value is -2.31. The highest BCUT2D eigenvalue weighted by Gasteiger charge is 2.29. The van der Waals surface area contributed by atoms with Gasteiger partial charge in [-0.15, -0.1) is 0 Å². The summed E-state index contributed by atoms with van der Waals surface area (Å²) >= 11 is 0. The van der Waals surface area contributed by atoms with Crippen molar-refractivity contribution in [3.63, 3.8) is 0 Å². The number of benzene rings is 1. The van der Waals surface area contributed by atoms with Gasteiger partial charge in [-0.25, -0.2) is 4.79 Å². The van der Waals surface area contributed by atoms with Gasteiger partial charge in [-0.05, 0) is 37.3 Å². The highest BCUT2D eigenvalue weighted by Crippen LogP contribution is 2.43. The molecule has 1 aromatic rings. The van der Waals surface area contributed by atoms with Gasteiger partial charge in [-0.3, -0.25) is 10.1 Å². The van der Waals surface area contributed by atoms with Crippen LogP contribution >= 0.6 is 0 Å². The van der Waals surface area contributed by atoms with Crippen molar-refractivity contribution in [3.8, 4) is 11.5 Å². The summed E-state index contributed by atoms with van der Waals surface area (Å²) in [5, 5.41) is 30.2. The molecule has 1 rings (SSSR count). The van der Waals surface area contributed by atoms with Crippen molar-refractivity contribution in [1.82, 2.24) is 0 Å². The summed E-state index contributed by atoms with van der Waals surface area (Å²) in [6.07, 6.45) is 2.49. The molecule has 0 unspecified atom stereocenters. The molecule has 0 atom stereocenters. The average molecular weight is 311 g/mol. The summed E-state index contributed by atoms with van der Waals surface area (Å²) < 4.78 is 4.50. The number of rotatable bonds is 8. The van der Waals surface area contributed by atoms with E-state index in [0.717, 1.165) is 25.7 Å². The first-order chi connectivity index (χ1) is 10.4. The lowest BCUT2D eigenvalue weighted by Gasteiger charge is -2.13. The molecule has 0 aliphatic carbocycles. The normalized spacial score (nSPS) is 10.5. The molecule has 7 nitrogen and oxygen atoms in total. The lowest BCUT2D eigenvalue weighted by molar-refractivity contribution is -0.386. The van der Waals surface area contributed by atoms with Crippen LogP contribution in [0.2, 0.25) is 0 Å². The van der Waals surface area contributed by atoms with Crippen LogP contribution in [0.5, 0.6) is 11.5 Å². The number of hydrogen-bond acceptors (Lipinski definition) is 5. The molecule has 0 aliphatic rings. The topological polar surface area (TPSA) is 110 Å². The van der Waals surface area contributed by atoms with Crippen LogP contribution in [0.1, 0.15) is 50.7 Å². The lowest BCUT2D eigenvalue weighted by Crippen LogP contribution is -2.09. The zero-order valence-corrected chi connectivity index (χ0v) is 12.8. The van der Waals surface area contributed by atoms with Crippen molar-refractivity contribution in [2.75, 3.05) is 0 Å². The second-order valence-electron chi connectivity index (χ2n) is 5.05. The second kappa shape index (κ2) is 8.21. The first-order valence-electron chi connectivity index (χ1n) is 7.35. The summed E-state index contributed by atoms with van der Waals surface area (Å²) in [6.45, 7) is 3.94. The van der Waals surface area contributed by atoms with E-state index in [0.29, 0.717) is 24.0 Å². The van der Waals surface area contributed by atoms with E-state index in [2.05, 4.69) is 4.74 Å². The number of unbranched alkanes of at least 4 members (excludes halogenated alkanes) is 2. The van der Waals surface area contributed by atoms with E-state index >= 15 is 0 Å². The summed E-state index contributed by atoms with van der Waals surface area (Å²) in [5.41, 5.74) is 0.412. The van der Waals surface area contributed by atoms with Crippen LogP contribution in [0.25, 0.3) is 0 Å². The lowest BCUT2D eigenvalue weighted by atomic mass is 9.98. The number of phenols is 1. The first-order valence-corrected chi connectivity index (χ1v) is 7.35. The van der Waals surface area contributed by atoms with E-state index in [1.807, 2.05) is 13.8 Å². The summed E-state index contributed by atoms with van der Waals surface area (Å²) in [6, 6.07) is 1.59. The molecule has 0 amide bonds. The van der Waals surface area contributed by atoms with Gasteiger partial charge in [0.25, 0.3) is 5.75 Å². The summed E-state index contributed by atoms with van der Waals surface area (Å²) in [7, 11) is 0. The fourth-order valence-corrected chi connectivity index (χ4v) is 2.25. The number of aryl methyl sites for hydroxylation is 2. The molecular formula is C15H21NO6. The van der Waals surface area contributed by atoms with E-state index in [9.17, 15) is 20.0 Å². The maximum atomic E-state index is 11.3. The highest BCUT2D eigenvalue weighted by atomic mass is 16.7. The van der Waals surface area contributed by atoms with Crippen molar-refractivity contribution in [2.45, 2.75) is 52.4 Å². The molecule has 122 valence electrons. The third-order valence-electron chi connectivity index (χ3n) is 3.36. The average Bonchev–Trinajstić information content (AvgIpc) is 2.45. The fourth-order valence-electron chi connectivity index (χ4n) is 2.25. The van der Waals surface area contributed by atoms with E-state index < -0.39 is 28.3 Å². The van der Waals surface area contributed by atoms with Crippen LogP contribution in [0, 0.1) is 10.1 Å². The fraction of sp³-hybridized carbons (Fsp3) is 0.533. The van der Waals surface area contributed by atoms with Crippen LogP contribution in [-0.2, 0) is 12.8 Å². The largest absolute Gasteiger partial charge is 0.511 e. The van der Waals surface area contributed by atoms with Crippen LogP contribution in [-0.4, -0.2) is 21.3 Å². The SMILES string of the molecule is CCCCc1cc(CCCC)c([N+](=O)[O-])c(OC(=O)O)c1O. The minimum absolute atomic E-state index is 0.395. The predicted octanol–water partition coefficient (Wildman–Crippen LogP) is 4.04. The van der Waals surface area contributed by atoms with Gasteiger partial charge in [0.05, 0.1) is 4.92 Å². The van der Waals surface area contributed by atoms with E-state index in [1.165, 1.54) is 0 Å². The molecule has 0 fully saturated rings. The van der Waals surface area contributed by atoms with Crippen molar-refractivity contribution < 1.29 is 24.7 Å². The molecule has 0 aromatic heterocycles. The Morgan fingerprint density at radius 3 is 2.23 bits per heavy atom. The minimum atomic E-state index is -1.69. The highest BCUT2D eigenvalue weighted by molar-refractivity contribution is 5.71. The minimum Gasteiger partial charge on any atom is -0.504 e. The smallest absolute Gasteiger partial charge is 0.504 e. The molecule has 0 saturated heterocycles. The monoisotopic (exact) mass is 311 g/mol. The van der Waals surface area contributed by atoms with Gasteiger partial charge in [0.2, 0.25) is 0 Å². The molecule has 0 spiro atoms. The van der Waals surface area contributed by atoms with Crippen molar-refractivity contribution in [1.29, 1.82) is 0 Å². The molecule has 0 saturated carbocycles. The summed E-state index contributed by atoms with van der Waals surface area (Å²) in [4.78, 5) is 21.4. The summed E-state index contributed by atoms with van der Waals surface area (Å²) in [5.74, 6) is -1.03. The van der Waals surface area contributed by atoms with Crippen LogP contribution < -0.4 is 4.74 Å². The molecule has 22 heavy (non-hydrogen) atoms. The number of nitrogens with zero attached hydrogens (tertiary/aromatic N) is 1. The first kappa shape index (κ1) is 17.7. The number of nitro groups is 1. The van der Waals surface area contributed by atoms with Crippen molar-refractivity contribution in [2.24, 2.45) is 0 Å². The number of phenolic OH excluding ortho intramolecular Hbond substituents is 1.